The van der Waals surface area contributed by atoms with Gasteiger partial charge in [0.25, 0.3) is 0 Å². The summed E-state index contributed by atoms with van der Waals surface area (Å²) in [5.41, 5.74) is 5.59. The van der Waals surface area contributed by atoms with Gasteiger partial charge in [-0.25, -0.2) is 0 Å². The fraction of sp³-hybridized carbons (Fsp3) is 0.727. The summed E-state index contributed by atoms with van der Waals surface area (Å²) in [5.74, 6) is 1.58. The molecule has 0 spiro atoms. The van der Waals surface area contributed by atoms with Crippen LogP contribution in [0, 0.1) is 5.92 Å². The van der Waals surface area contributed by atoms with Crippen LogP contribution in [0.2, 0.25) is 0 Å². The molecule has 0 unspecified atom stereocenters. The van der Waals surface area contributed by atoms with Crippen LogP contribution in [-0.4, -0.2) is 28.1 Å². The number of hydrogen-bond acceptors (Lipinski definition) is 6. The maximum absolute atomic E-state index is 5.59. The van der Waals surface area contributed by atoms with Crippen molar-refractivity contribution in [2.75, 3.05) is 24.2 Å². The number of nitrogen functional groups attached to an aromatic ring is 1. The van der Waals surface area contributed by atoms with E-state index in [-0.39, 0.29) is 5.95 Å². The number of aromatic nitrogens is 3. The van der Waals surface area contributed by atoms with Crippen molar-refractivity contribution in [1.29, 1.82) is 0 Å². The average molecular weight is 237 g/mol. The predicted octanol–water partition coefficient (Wildman–Crippen LogP) is 1.45. The molecule has 2 rings (SSSR count). The van der Waals surface area contributed by atoms with Crippen molar-refractivity contribution in [3.05, 3.63) is 0 Å². The van der Waals surface area contributed by atoms with Crippen molar-refractivity contribution >= 4 is 11.9 Å². The van der Waals surface area contributed by atoms with Crippen LogP contribution in [0.5, 0.6) is 6.01 Å². The lowest BCUT2D eigenvalue weighted by Crippen LogP contribution is -2.10. The highest BCUT2D eigenvalue weighted by Gasteiger charge is 2.20. The molecule has 3 N–H and O–H groups in total. The molecule has 1 fully saturated rings. The lowest BCUT2D eigenvalue weighted by Gasteiger charge is -2.07. The predicted molar refractivity (Wildman–Crippen MR) is 65.9 cm³/mol. The number of rotatable bonds is 7. The highest BCUT2D eigenvalue weighted by atomic mass is 16.5. The summed E-state index contributed by atoms with van der Waals surface area (Å²) in [7, 11) is 0. The van der Waals surface area contributed by atoms with Crippen LogP contribution in [0.1, 0.15) is 32.6 Å². The molecule has 1 aromatic rings. The van der Waals surface area contributed by atoms with Gasteiger partial charge in [0.1, 0.15) is 0 Å². The summed E-state index contributed by atoms with van der Waals surface area (Å²) < 4.78 is 5.33. The van der Waals surface area contributed by atoms with Crippen LogP contribution in [0.25, 0.3) is 0 Å². The number of nitrogens with zero attached hydrogens (tertiary/aromatic N) is 3. The van der Waals surface area contributed by atoms with Crippen molar-refractivity contribution in [3.8, 4) is 6.01 Å². The van der Waals surface area contributed by atoms with E-state index in [1.807, 2.05) is 6.92 Å². The van der Waals surface area contributed by atoms with Crippen molar-refractivity contribution in [1.82, 2.24) is 15.0 Å². The second kappa shape index (κ2) is 5.65. The van der Waals surface area contributed by atoms with Gasteiger partial charge in [-0.1, -0.05) is 19.8 Å². The van der Waals surface area contributed by atoms with E-state index >= 15 is 0 Å². The van der Waals surface area contributed by atoms with E-state index in [9.17, 15) is 0 Å². The van der Waals surface area contributed by atoms with Crippen LogP contribution >= 0.6 is 0 Å². The van der Waals surface area contributed by atoms with E-state index in [4.69, 9.17) is 10.5 Å². The lowest BCUT2D eigenvalue weighted by atomic mass is 10.3. The summed E-state index contributed by atoms with van der Waals surface area (Å²) in [6.45, 7) is 3.49. The number of nitrogens with one attached hydrogen (secondary N) is 1. The first-order valence-corrected chi connectivity index (χ1v) is 6.16. The summed E-state index contributed by atoms with van der Waals surface area (Å²) in [4.78, 5) is 12.1. The quantitative estimate of drug-likeness (QED) is 0.746. The molecule has 0 aromatic carbocycles. The van der Waals surface area contributed by atoms with E-state index in [1.165, 1.54) is 12.8 Å². The molecule has 0 radical (unpaired) electrons. The Bertz CT molecular complexity index is 367. The second-order valence-corrected chi connectivity index (χ2v) is 4.31. The maximum atomic E-state index is 5.59. The van der Waals surface area contributed by atoms with Gasteiger partial charge in [-0.2, -0.15) is 15.0 Å². The van der Waals surface area contributed by atoms with Crippen LogP contribution < -0.4 is 15.8 Å². The normalized spacial score (nSPS) is 14.6. The minimum absolute atomic E-state index is 0.194. The first-order chi connectivity index (χ1) is 8.28. The second-order valence-electron chi connectivity index (χ2n) is 4.31. The molecule has 6 heteroatoms. The number of nitrogens with two attached hydrogens (primary N) is 1. The van der Waals surface area contributed by atoms with Crippen LogP contribution in [0.3, 0.4) is 0 Å². The molecule has 1 aliphatic carbocycles. The molecular formula is C11H19N5O. The Morgan fingerprint density at radius 3 is 2.88 bits per heavy atom. The molecule has 1 heterocycles. The van der Waals surface area contributed by atoms with Crippen molar-refractivity contribution in [2.24, 2.45) is 5.92 Å². The Balaban J connectivity index is 1.87. The maximum Gasteiger partial charge on any atom is 0.323 e. The number of ether oxygens (including phenoxy) is 1. The van der Waals surface area contributed by atoms with E-state index in [0.717, 1.165) is 25.3 Å². The molecule has 0 saturated heterocycles. The molecule has 94 valence electrons. The molecule has 0 aliphatic heterocycles. The van der Waals surface area contributed by atoms with Crippen LogP contribution in [-0.2, 0) is 0 Å². The van der Waals surface area contributed by atoms with Crippen LogP contribution in [0.15, 0.2) is 0 Å². The first-order valence-electron chi connectivity index (χ1n) is 6.16. The molecular weight excluding hydrogens is 218 g/mol. The molecule has 1 aliphatic rings. The van der Waals surface area contributed by atoms with Crippen LogP contribution in [0.4, 0.5) is 11.9 Å². The average Bonchev–Trinajstić information content (AvgIpc) is 3.10. The van der Waals surface area contributed by atoms with Gasteiger partial charge in [0, 0.05) is 6.54 Å². The number of hydrogen-bond donors (Lipinski definition) is 2. The van der Waals surface area contributed by atoms with Gasteiger partial charge in [-0.05, 0) is 18.8 Å². The zero-order chi connectivity index (χ0) is 12.1. The molecule has 0 bridgehead atoms. The Labute approximate surface area is 101 Å². The van der Waals surface area contributed by atoms with Gasteiger partial charge >= 0.3 is 6.01 Å². The fourth-order valence-corrected chi connectivity index (χ4v) is 1.50. The lowest BCUT2D eigenvalue weighted by molar-refractivity contribution is 0.292. The third-order valence-electron chi connectivity index (χ3n) is 2.60. The largest absolute Gasteiger partial charge is 0.463 e. The standard InChI is InChI=1S/C11H19N5O/c1-2-7-17-11-15-9(12)14-10(16-11)13-6-5-8-3-4-8/h8H,2-7H2,1H3,(H3,12,13,14,15,16). The third kappa shape index (κ3) is 4.05. The highest BCUT2D eigenvalue weighted by Crippen LogP contribution is 2.31. The highest BCUT2D eigenvalue weighted by molar-refractivity contribution is 5.32. The fourth-order valence-electron chi connectivity index (χ4n) is 1.50. The van der Waals surface area contributed by atoms with Crippen molar-refractivity contribution < 1.29 is 4.74 Å². The Morgan fingerprint density at radius 2 is 2.18 bits per heavy atom. The molecule has 1 saturated carbocycles. The summed E-state index contributed by atoms with van der Waals surface area (Å²) in [5, 5.41) is 3.15. The topological polar surface area (TPSA) is 86.0 Å². The van der Waals surface area contributed by atoms with E-state index in [2.05, 4.69) is 20.3 Å². The Kier molecular flexibility index (Phi) is 3.95. The summed E-state index contributed by atoms with van der Waals surface area (Å²) >= 11 is 0. The van der Waals surface area contributed by atoms with E-state index in [0.29, 0.717) is 18.6 Å². The molecule has 0 atom stereocenters. The number of anilines is 2. The van der Waals surface area contributed by atoms with Crippen molar-refractivity contribution in [3.63, 3.8) is 0 Å². The van der Waals surface area contributed by atoms with Gasteiger partial charge in [-0.15, -0.1) is 0 Å². The molecule has 17 heavy (non-hydrogen) atoms. The smallest absolute Gasteiger partial charge is 0.323 e. The van der Waals surface area contributed by atoms with Crippen molar-refractivity contribution in [2.45, 2.75) is 32.6 Å². The zero-order valence-corrected chi connectivity index (χ0v) is 10.1. The molecule has 6 nitrogen and oxygen atoms in total. The summed E-state index contributed by atoms with van der Waals surface area (Å²) in [6.07, 6.45) is 4.78. The van der Waals surface area contributed by atoms with Gasteiger partial charge in [0.2, 0.25) is 11.9 Å². The molecule has 0 amide bonds. The SMILES string of the molecule is CCCOc1nc(N)nc(NCCC2CC2)n1. The minimum Gasteiger partial charge on any atom is -0.463 e. The Hall–Kier alpha value is -1.59. The molecule has 1 aromatic heterocycles. The zero-order valence-electron chi connectivity index (χ0n) is 10.1. The summed E-state index contributed by atoms with van der Waals surface area (Å²) in [6, 6.07) is 0.299. The minimum atomic E-state index is 0.194. The van der Waals surface area contributed by atoms with Gasteiger partial charge in [-0.3, -0.25) is 0 Å². The first kappa shape index (κ1) is 11.9. The van der Waals surface area contributed by atoms with E-state index in [1.54, 1.807) is 0 Å². The van der Waals surface area contributed by atoms with Gasteiger partial charge in [0.15, 0.2) is 0 Å². The third-order valence-corrected chi connectivity index (χ3v) is 2.60. The van der Waals surface area contributed by atoms with Gasteiger partial charge in [0.05, 0.1) is 6.61 Å². The monoisotopic (exact) mass is 237 g/mol. The van der Waals surface area contributed by atoms with Gasteiger partial charge < -0.3 is 15.8 Å². The van der Waals surface area contributed by atoms with E-state index < -0.39 is 0 Å². The Morgan fingerprint density at radius 1 is 1.35 bits per heavy atom.